The quantitative estimate of drug-likeness (QED) is 0.692. The monoisotopic (exact) mass is 351 g/mol. The van der Waals surface area contributed by atoms with Crippen LogP contribution >= 0.6 is 0 Å². The van der Waals surface area contributed by atoms with Crippen molar-refractivity contribution < 1.29 is 14.3 Å². The molecule has 2 aromatic carbocycles. The summed E-state index contributed by atoms with van der Waals surface area (Å²) in [7, 11) is 4.92. The molecule has 0 fully saturated rings. The van der Waals surface area contributed by atoms with Crippen LogP contribution in [0.15, 0.2) is 48.5 Å². The zero-order chi connectivity index (χ0) is 18.5. The third-order valence-corrected chi connectivity index (χ3v) is 4.05. The summed E-state index contributed by atoms with van der Waals surface area (Å²) >= 11 is 0. The van der Waals surface area contributed by atoms with Crippen molar-refractivity contribution in [3.8, 4) is 11.5 Å². The minimum absolute atomic E-state index is 0.122. The highest BCUT2D eigenvalue weighted by atomic mass is 16.5. The average Bonchev–Trinajstić information content (AvgIpc) is 3.08. The smallest absolute Gasteiger partial charge is 0.246 e. The van der Waals surface area contributed by atoms with Crippen LogP contribution in [0.3, 0.4) is 0 Å². The maximum absolute atomic E-state index is 12.4. The molecule has 134 valence electrons. The van der Waals surface area contributed by atoms with E-state index in [1.807, 2.05) is 36.4 Å². The Balaban J connectivity index is 1.69. The van der Waals surface area contributed by atoms with E-state index in [0.29, 0.717) is 18.0 Å². The van der Waals surface area contributed by atoms with Gasteiger partial charge in [0, 0.05) is 24.8 Å². The molecule has 0 aliphatic heterocycles. The highest BCUT2D eigenvalue weighted by Crippen LogP contribution is 2.25. The maximum atomic E-state index is 12.4. The number of aromatic nitrogens is 2. The van der Waals surface area contributed by atoms with E-state index in [1.165, 1.54) is 6.08 Å². The number of nitrogens with one attached hydrogen (secondary N) is 1. The molecule has 0 radical (unpaired) electrons. The van der Waals surface area contributed by atoms with E-state index in [2.05, 4.69) is 9.97 Å². The molecule has 1 heterocycles. The Hall–Kier alpha value is -3.28. The van der Waals surface area contributed by atoms with Crippen LogP contribution in [-0.2, 0) is 11.3 Å². The van der Waals surface area contributed by atoms with Crippen molar-refractivity contribution in [2.75, 3.05) is 21.3 Å². The fourth-order valence-corrected chi connectivity index (χ4v) is 2.63. The Kier molecular flexibility index (Phi) is 5.22. The molecule has 3 rings (SSSR count). The van der Waals surface area contributed by atoms with Crippen LogP contribution in [0.5, 0.6) is 11.5 Å². The summed E-state index contributed by atoms with van der Waals surface area (Å²) in [5.74, 6) is 1.97. The summed E-state index contributed by atoms with van der Waals surface area (Å²) in [6.45, 7) is 0.400. The predicted octanol–water partition coefficient (Wildman–Crippen LogP) is 3.25. The minimum atomic E-state index is -0.122. The van der Waals surface area contributed by atoms with Gasteiger partial charge in [-0.1, -0.05) is 12.1 Å². The van der Waals surface area contributed by atoms with Crippen LogP contribution in [0.25, 0.3) is 17.1 Å². The number of hydrogen-bond acceptors (Lipinski definition) is 4. The first kappa shape index (κ1) is 17.5. The molecule has 0 atom stereocenters. The summed E-state index contributed by atoms with van der Waals surface area (Å²) in [5, 5.41) is 0. The van der Waals surface area contributed by atoms with Crippen LogP contribution in [0.4, 0.5) is 0 Å². The number of ether oxygens (including phenoxy) is 2. The fourth-order valence-electron chi connectivity index (χ4n) is 2.63. The van der Waals surface area contributed by atoms with Gasteiger partial charge in [-0.15, -0.1) is 0 Å². The van der Waals surface area contributed by atoms with Crippen molar-refractivity contribution >= 4 is 23.0 Å². The zero-order valence-corrected chi connectivity index (χ0v) is 15.0. The first-order chi connectivity index (χ1) is 12.6. The van der Waals surface area contributed by atoms with E-state index in [4.69, 9.17) is 9.47 Å². The molecular formula is C20H21N3O3. The second-order valence-electron chi connectivity index (χ2n) is 5.84. The van der Waals surface area contributed by atoms with Crippen LogP contribution in [0.1, 0.15) is 11.4 Å². The summed E-state index contributed by atoms with van der Waals surface area (Å²) < 4.78 is 10.5. The predicted molar refractivity (Wildman–Crippen MR) is 101 cm³/mol. The number of fused-ring (bicyclic) bond motifs is 1. The molecule has 0 saturated carbocycles. The lowest BCUT2D eigenvalue weighted by molar-refractivity contribution is -0.125. The number of rotatable bonds is 6. The molecule has 6 nitrogen and oxygen atoms in total. The summed E-state index contributed by atoms with van der Waals surface area (Å²) in [4.78, 5) is 21.7. The highest BCUT2D eigenvalue weighted by molar-refractivity contribution is 5.92. The van der Waals surface area contributed by atoms with Crippen LogP contribution in [-0.4, -0.2) is 42.0 Å². The number of imidazole rings is 1. The Bertz CT molecular complexity index is 913. The molecule has 1 aromatic heterocycles. The van der Waals surface area contributed by atoms with E-state index < -0.39 is 0 Å². The van der Waals surface area contributed by atoms with Crippen molar-refractivity contribution in [2.24, 2.45) is 0 Å². The number of carbonyl (C=O) groups is 1. The van der Waals surface area contributed by atoms with Crippen LogP contribution < -0.4 is 9.47 Å². The Labute approximate surface area is 152 Å². The first-order valence-electron chi connectivity index (χ1n) is 8.19. The van der Waals surface area contributed by atoms with E-state index in [1.54, 1.807) is 38.3 Å². The third-order valence-electron chi connectivity index (χ3n) is 4.05. The normalized spacial score (nSPS) is 11.0. The lowest BCUT2D eigenvalue weighted by Crippen LogP contribution is -2.24. The molecule has 1 N–H and O–H groups in total. The van der Waals surface area contributed by atoms with Crippen LogP contribution in [0, 0.1) is 0 Å². The van der Waals surface area contributed by atoms with Crippen molar-refractivity contribution in [3.63, 3.8) is 0 Å². The number of nitrogens with zero attached hydrogens (tertiary/aromatic N) is 2. The number of H-pyrrole nitrogens is 1. The molecule has 3 aromatic rings. The molecule has 6 heteroatoms. The lowest BCUT2D eigenvalue weighted by atomic mass is 10.1. The molecule has 0 saturated heterocycles. The second-order valence-corrected chi connectivity index (χ2v) is 5.84. The van der Waals surface area contributed by atoms with Gasteiger partial charge >= 0.3 is 0 Å². The van der Waals surface area contributed by atoms with Crippen molar-refractivity contribution in [3.05, 3.63) is 59.9 Å². The van der Waals surface area contributed by atoms with Crippen molar-refractivity contribution in [1.29, 1.82) is 0 Å². The highest BCUT2D eigenvalue weighted by Gasteiger charge is 2.10. The molecule has 0 aliphatic rings. The third kappa shape index (κ3) is 3.85. The van der Waals surface area contributed by atoms with Gasteiger partial charge in [-0.3, -0.25) is 4.79 Å². The largest absolute Gasteiger partial charge is 0.497 e. The summed E-state index contributed by atoms with van der Waals surface area (Å²) in [5.41, 5.74) is 2.66. The van der Waals surface area contributed by atoms with Crippen LogP contribution in [0.2, 0.25) is 0 Å². The van der Waals surface area contributed by atoms with Gasteiger partial charge in [-0.05, 0) is 30.3 Å². The molecule has 0 spiro atoms. The number of para-hydroxylation sites is 2. The molecule has 0 unspecified atom stereocenters. The number of benzene rings is 2. The summed E-state index contributed by atoms with van der Waals surface area (Å²) in [6.07, 6.45) is 3.25. The topological polar surface area (TPSA) is 67.5 Å². The standard InChI is InChI=1S/C20H21N3O3/c1-23(13-19-21-16-6-4-5-7-17(16)22-19)20(24)11-9-14-8-10-15(25-2)12-18(14)26-3/h4-12H,13H2,1-3H3,(H,21,22). The van der Waals surface area contributed by atoms with E-state index in [9.17, 15) is 4.79 Å². The minimum Gasteiger partial charge on any atom is -0.497 e. The number of likely N-dealkylation sites (N-methyl/N-ethyl adjacent to an activating group) is 1. The molecule has 0 bridgehead atoms. The van der Waals surface area contributed by atoms with Gasteiger partial charge in [-0.2, -0.15) is 0 Å². The number of aromatic amines is 1. The maximum Gasteiger partial charge on any atom is 0.246 e. The Morgan fingerprint density at radius 1 is 1.19 bits per heavy atom. The number of amides is 1. The Morgan fingerprint density at radius 3 is 2.73 bits per heavy atom. The van der Waals surface area contributed by atoms with E-state index in [0.717, 1.165) is 22.4 Å². The van der Waals surface area contributed by atoms with Gasteiger partial charge in [0.25, 0.3) is 0 Å². The number of methoxy groups -OCH3 is 2. The van der Waals surface area contributed by atoms with Gasteiger partial charge < -0.3 is 19.4 Å². The second kappa shape index (κ2) is 7.74. The lowest BCUT2D eigenvalue weighted by Gasteiger charge is -2.13. The van der Waals surface area contributed by atoms with Crippen molar-refractivity contribution in [2.45, 2.75) is 6.54 Å². The van der Waals surface area contributed by atoms with Gasteiger partial charge in [0.05, 0.1) is 31.8 Å². The van der Waals surface area contributed by atoms with Gasteiger partial charge in [0.15, 0.2) is 0 Å². The number of hydrogen-bond donors (Lipinski definition) is 1. The summed E-state index contributed by atoms with van der Waals surface area (Å²) in [6, 6.07) is 13.2. The average molecular weight is 351 g/mol. The first-order valence-corrected chi connectivity index (χ1v) is 8.19. The van der Waals surface area contributed by atoms with E-state index >= 15 is 0 Å². The van der Waals surface area contributed by atoms with Crippen molar-refractivity contribution in [1.82, 2.24) is 14.9 Å². The zero-order valence-electron chi connectivity index (χ0n) is 15.0. The molecule has 26 heavy (non-hydrogen) atoms. The van der Waals surface area contributed by atoms with Gasteiger partial charge in [0.2, 0.25) is 5.91 Å². The molecular weight excluding hydrogens is 330 g/mol. The number of carbonyl (C=O) groups excluding carboxylic acids is 1. The van der Waals surface area contributed by atoms with Gasteiger partial charge in [0.1, 0.15) is 17.3 Å². The van der Waals surface area contributed by atoms with E-state index in [-0.39, 0.29) is 5.91 Å². The Morgan fingerprint density at radius 2 is 2.00 bits per heavy atom. The molecule has 0 aliphatic carbocycles. The molecule has 1 amide bonds. The SMILES string of the molecule is COc1ccc(C=CC(=O)N(C)Cc2nc3ccccc3[nH]2)c(OC)c1. The fraction of sp³-hybridized carbons (Fsp3) is 0.200. The van der Waals surface area contributed by atoms with Gasteiger partial charge in [-0.25, -0.2) is 4.98 Å².